The molecule has 0 saturated carbocycles. The highest BCUT2D eigenvalue weighted by molar-refractivity contribution is 7.84. The van der Waals surface area contributed by atoms with Gasteiger partial charge in [0.1, 0.15) is 11.3 Å². The topological polar surface area (TPSA) is 42.2 Å². The summed E-state index contributed by atoms with van der Waals surface area (Å²) in [6, 6.07) is 8.04. The average Bonchev–Trinajstić information content (AvgIpc) is 2.60. The van der Waals surface area contributed by atoms with Crippen LogP contribution in [0.3, 0.4) is 0 Å². The van der Waals surface area contributed by atoms with E-state index in [-0.39, 0.29) is 0 Å². The fourth-order valence-corrected chi connectivity index (χ4v) is 2.30. The van der Waals surface area contributed by atoms with Crippen LogP contribution in [0.25, 0.3) is 11.0 Å². The number of hydrogen-bond acceptors (Lipinski definition) is 3. The van der Waals surface area contributed by atoms with Crippen molar-refractivity contribution in [3.63, 3.8) is 0 Å². The maximum Gasteiger partial charge on any atom is 0.134 e. The predicted molar refractivity (Wildman–Crippen MR) is 71.6 cm³/mol. The molecule has 0 amide bonds. The van der Waals surface area contributed by atoms with E-state index in [0.717, 1.165) is 29.8 Å². The number of benzene rings is 1. The Kier molecular flexibility index (Phi) is 3.97. The van der Waals surface area contributed by atoms with Gasteiger partial charge in [0.15, 0.2) is 0 Å². The SMILES string of the molecule is Cc1oc2ccccc2c1CNCCS(C)=O. The van der Waals surface area contributed by atoms with Crippen LogP contribution in [0.5, 0.6) is 0 Å². The summed E-state index contributed by atoms with van der Waals surface area (Å²) in [5, 5.41) is 4.46. The maximum absolute atomic E-state index is 10.9. The Labute approximate surface area is 104 Å². The fraction of sp³-hybridized carbons (Fsp3) is 0.385. The minimum Gasteiger partial charge on any atom is -0.461 e. The van der Waals surface area contributed by atoms with Crippen molar-refractivity contribution in [2.24, 2.45) is 0 Å². The molecule has 1 aromatic heterocycles. The fourth-order valence-electron chi connectivity index (χ4n) is 1.87. The zero-order valence-corrected chi connectivity index (χ0v) is 11.0. The molecule has 2 aromatic rings. The van der Waals surface area contributed by atoms with Crippen molar-refractivity contribution in [1.29, 1.82) is 0 Å². The second kappa shape index (κ2) is 5.47. The molecule has 1 unspecified atom stereocenters. The van der Waals surface area contributed by atoms with Gasteiger partial charge in [0, 0.05) is 46.8 Å². The molecule has 0 spiro atoms. The van der Waals surface area contributed by atoms with Gasteiger partial charge >= 0.3 is 0 Å². The molecule has 0 aliphatic carbocycles. The van der Waals surface area contributed by atoms with E-state index in [2.05, 4.69) is 11.4 Å². The predicted octanol–water partition coefficient (Wildman–Crippen LogP) is 2.21. The third-order valence-electron chi connectivity index (χ3n) is 2.77. The molecule has 92 valence electrons. The minimum atomic E-state index is -0.732. The van der Waals surface area contributed by atoms with E-state index in [4.69, 9.17) is 4.42 Å². The molecule has 0 bridgehead atoms. The highest BCUT2D eigenvalue weighted by Crippen LogP contribution is 2.24. The first-order chi connectivity index (χ1) is 8.18. The van der Waals surface area contributed by atoms with E-state index >= 15 is 0 Å². The molecule has 17 heavy (non-hydrogen) atoms. The Bertz CT molecular complexity index is 533. The van der Waals surface area contributed by atoms with Crippen LogP contribution < -0.4 is 5.32 Å². The number of nitrogens with one attached hydrogen (secondary N) is 1. The van der Waals surface area contributed by atoms with Crippen LogP contribution >= 0.6 is 0 Å². The van der Waals surface area contributed by atoms with Gasteiger partial charge in [-0.3, -0.25) is 4.21 Å². The van der Waals surface area contributed by atoms with Gasteiger partial charge in [0.25, 0.3) is 0 Å². The summed E-state index contributed by atoms with van der Waals surface area (Å²) in [6.07, 6.45) is 1.72. The highest BCUT2D eigenvalue weighted by atomic mass is 32.2. The van der Waals surface area contributed by atoms with Gasteiger partial charge in [-0.2, -0.15) is 0 Å². The summed E-state index contributed by atoms with van der Waals surface area (Å²) in [7, 11) is -0.732. The quantitative estimate of drug-likeness (QED) is 0.828. The lowest BCUT2D eigenvalue weighted by atomic mass is 10.1. The van der Waals surface area contributed by atoms with Crippen LogP contribution in [0.15, 0.2) is 28.7 Å². The summed E-state index contributed by atoms with van der Waals surface area (Å²) in [6.45, 7) is 3.51. The molecule has 1 N–H and O–H groups in total. The van der Waals surface area contributed by atoms with Crippen molar-refractivity contribution in [2.45, 2.75) is 13.5 Å². The molecular weight excluding hydrogens is 234 g/mol. The lowest BCUT2D eigenvalue weighted by molar-refractivity contribution is 0.567. The van der Waals surface area contributed by atoms with Crippen LogP contribution in [0.1, 0.15) is 11.3 Å². The Balaban J connectivity index is 2.07. The number of rotatable bonds is 5. The van der Waals surface area contributed by atoms with Gasteiger partial charge in [-0.1, -0.05) is 18.2 Å². The summed E-state index contributed by atoms with van der Waals surface area (Å²) in [5.74, 6) is 1.64. The molecule has 0 aliphatic heterocycles. The first-order valence-corrected chi connectivity index (χ1v) is 7.39. The smallest absolute Gasteiger partial charge is 0.134 e. The monoisotopic (exact) mass is 251 g/mol. The molecule has 0 saturated heterocycles. The Hall–Kier alpha value is -1.13. The lowest BCUT2D eigenvalue weighted by Gasteiger charge is -2.02. The summed E-state index contributed by atoms with van der Waals surface area (Å²) < 4.78 is 16.6. The molecular formula is C13H17NO2S. The van der Waals surface area contributed by atoms with Gasteiger partial charge in [0.05, 0.1) is 0 Å². The molecule has 0 radical (unpaired) electrons. The van der Waals surface area contributed by atoms with E-state index in [1.807, 2.05) is 25.1 Å². The van der Waals surface area contributed by atoms with E-state index in [1.165, 1.54) is 5.56 Å². The standard InChI is InChI=1S/C13H17NO2S/c1-10-12(9-14-7-8-17(2)15)11-5-3-4-6-13(11)16-10/h3-6,14H,7-9H2,1-2H3. The second-order valence-electron chi connectivity index (χ2n) is 4.09. The summed E-state index contributed by atoms with van der Waals surface area (Å²) >= 11 is 0. The van der Waals surface area contributed by atoms with Crippen molar-refractivity contribution in [1.82, 2.24) is 5.32 Å². The highest BCUT2D eigenvalue weighted by Gasteiger charge is 2.09. The zero-order chi connectivity index (χ0) is 12.3. The van der Waals surface area contributed by atoms with Crippen molar-refractivity contribution in [2.75, 3.05) is 18.6 Å². The van der Waals surface area contributed by atoms with E-state index in [9.17, 15) is 4.21 Å². The van der Waals surface area contributed by atoms with Crippen LogP contribution in [0.2, 0.25) is 0 Å². The largest absolute Gasteiger partial charge is 0.461 e. The number of aryl methyl sites for hydroxylation is 1. The zero-order valence-electron chi connectivity index (χ0n) is 10.2. The van der Waals surface area contributed by atoms with Gasteiger partial charge < -0.3 is 9.73 Å². The van der Waals surface area contributed by atoms with Gasteiger partial charge in [-0.15, -0.1) is 0 Å². The number of para-hydroxylation sites is 1. The van der Waals surface area contributed by atoms with Crippen LogP contribution in [0.4, 0.5) is 0 Å². The van der Waals surface area contributed by atoms with Crippen LogP contribution in [-0.2, 0) is 17.3 Å². The minimum absolute atomic E-state index is 0.689. The molecule has 1 aromatic carbocycles. The number of furan rings is 1. The van der Waals surface area contributed by atoms with Gasteiger partial charge in [-0.05, 0) is 13.0 Å². The summed E-state index contributed by atoms with van der Waals surface area (Å²) in [4.78, 5) is 0. The van der Waals surface area contributed by atoms with Crippen LogP contribution in [0, 0.1) is 6.92 Å². The van der Waals surface area contributed by atoms with Gasteiger partial charge in [-0.25, -0.2) is 0 Å². The van der Waals surface area contributed by atoms with E-state index in [0.29, 0.717) is 5.75 Å². The molecule has 2 rings (SSSR count). The van der Waals surface area contributed by atoms with Crippen molar-refractivity contribution < 1.29 is 8.63 Å². The second-order valence-corrected chi connectivity index (χ2v) is 5.64. The molecule has 1 atom stereocenters. The Morgan fingerprint density at radius 2 is 2.12 bits per heavy atom. The normalized spacial score (nSPS) is 13.1. The van der Waals surface area contributed by atoms with E-state index in [1.54, 1.807) is 6.26 Å². The maximum atomic E-state index is 10.9. The molecule has 0 aliphatic rings. The van der Waals surface area contributed by atoms with Gasteiger partial charge in [0.2, 0.25) is 0 Å². The third kappa shape index (κ3) is 2.96. The Morgan fingerprint density at radius 3 is 2.88 bits per heavy atom. The Morgan fingerprint density at radius 1 is 1.35 bits per heavy atom. The van der Waals surface area contributed by atoms with Crippen LogP contribution in [-0.4, -0.2) is 22.8 Å². The lowest BCUT2D eigenvalue weighted by Crippen LogP contribution is -2.19. The first kappa shape index (κ1) is 12.3. The molecule has 0 fully saturated rings. The number of fused-ring (bicyclic) bond motifs is 1. The summed E-state index contributed by atoms with van der Waals surface area (Å²) in [5.41, 5.74) is 2.13. The van der Waals surface area contributed by atoms with Crippen molar-refractivity contribution in [3.8, 4) is 0 Å². The first-order valence-electron chi connectivity index (χ1n) is 5.66. The molecule has 3 nitrogen and oxygen atoms in total. The van der Waals surface area contributed by atoms with Crippen molar-refractivity contribution >= 4 is 21.8 Å². The molecule has 1 heterocycles. The van der Waals surface area contributed by atoms with E-state index < -0.39 is 10.8 Å². The third-order valence-corrected chi connectivity index (χ3v) is 3.55. The number of hydrogen-bond donors (Lipinski definition) is 1. The van der Waals surface area contributed by atoms with Crippen molar-refractivity contribution in [3.05, 3.63) is 35.6 Å². The average molecular weight is 251 g/mol. The molecule has 4 heteroatoms.